The Hall–Kier alpha value is -3.40. The van der Waals surface area contributed by atoms with Crippen molar-refractivity contribution in [3.05, 3.63) is 71.7 Å². The first-order valence-electron chi connectivity index (χ1n) is 13.1. The van der Waals surface area contributed by atoms with Crippen molar-refractivity contribution < 1.29 is 9.13 Å². The number of anilines is 1. The van der Waals surface area contributed by atoms with Gasteiger partial charge in [-0.1, -0.05) is 12.6 Å². The minimum atomic E-state index is -1.15. The van der Waals surface area contributed by atoms with Crippen molar-refractivity contribution in [3.63, 3.8) is 0 Å². The minimum Gasteiger partial charge on any atom is -0.496 e. The van der Waals surface area contributed by atoms with Gasteiger partial charge in [0.05, 0.1) is 23.0 Å². The molecule has 0 bridgehead atoms. The summed E-state index contributed by atoms with van der Waals surface area (Å²) >= 11 is 3.84. The van der Waals surface area contributed by atoms with Gasteiger partial charge < -0.3 is 9.64 Å². The topological polar surface area (TPSA) is 81.9 Å². The van der Waals surface area contributed by atoms with Crippen molar-refractivity contribution in [2.24, 2.45) is 13.0 Å². The molecule has 0 amide bonds. The van der Waals surface area contributed by atoms with Crippen LogP contribution in [0.1, 0.15) is 44.2 Å². The quantitative estimate of drug-likeness (QED) is 0.277. The van der Waals surface area contributed by atoms with Gasteiger partial charge in [0, 0.05) is 63.0 Å². The first-order chi connectivity index (χ1) is 18.8. The molecule has 1 atom stereocenters. The Morgan fingerprint density at radius 2 is 1.77 bits per heavy atom. The molecule has 0 N–H and O–H groups in total. The van der Waals surface area contributed by atoms with Crippen molar-refractivity contribution >= 4 is 21.7 Å². The third kappa shape index (κ3) is 6.79. The van der Waals surface area contributed by atoms with Crippen LogP contribution in [0.2, 0.25) is 0 Å². The third-order valence-electron chi connectivity index (χ3n) is 6.97. The first kappa shape index (κ1) is 28.6. The summed E-state index contributed by atoms with van der Waals surface area (Å²) in [5.41, 5.74) is 3.31. The zero-order valence-corrected chi connectivity index (χ0v) is 24.5. The van der Waals surface area contributed by atoms with Gasteiger partial charge >= 0.3 is 0 Å². The Morgan fingerprint density at radius 3 is 2.38 bits per heavy atom. The molecule has 0 aliphatic heterocycles. The molecule has 0 spiro atoms. The lowest BCUT2D eigenvalue weighted by Crippen LogP contribution is -2.25. The molecule has 206 valence electrons. The molecule has 3 aromatic rings. The van der Waals surface area contributed by atoms with E-state index in [4.69, 9.17) is 14.8 Å². The van der Waals surface area contributed by atoms with Crippen LogP contribution in [0.4, 0.5) is 10.2 Å². The predicted octanol–water partition coefficient (Wildman–Crippen LogP) is 6.45. The summed E-state index contributed by atoms with van der Waals surface area (Å²) < 4.78 is 23.0. The summed E-state index contributed by atoms with van der Waals surface area (Å²) in [6.45, 7) is 6.07. The van der Waals surface area contributed by atoms with Crippen LogP contribution in [0, 0.1) is 5.92 Å². The van der Waals surface area contributed by atoms with Crippen LogP contribution in [0.3, 0.4) is 0 Å². The fraction of sp³-hybridized carbons (Fsp3) is 0.414. The molecule has 1 fully saturated rings. The zero-order valence-electron chi connectivity index (χ0n) is 22.9. The maximum absolute atomic E-state index is 15.0. The Labute approximate surface area is 237 Å². The van der Waals surface area contributed by atoms with E-state index in [1.54, 1.807) is 30.9 Å². The van der Waals surface area contributed by atoms with Gasteiger partial charge in [0.1, 0.15) is 17.3 Å². The number of hydrogen-bond donors (Lipinski definition) is 0. The maximum Gasteiger partial charge on any atom is 0.178 e. The monoisotopic (exact) mass is 595 g/mol. The molecule has 0 radical (unpaired) electrons. The van der Waals surface area contributed by atoms with E-state index in [9.17, 15) is 4.39 Å². The molecule has 1 aliphatic rings. The number of hydrogen-bond acceptors (Lipinski definition) is 7. The highest BCUT2D eigenvalue weighted by atomic mass is 79.9. The van der Waals surface area contributed by atoms with Crippen molar-refractivity contribution in [3.8, 4) is 22.6 Å². The van der Waals surface area contributed by atoms with Crippen LogP contribution in [0.25, 0.3) is 22.6 Å². The summed E-state index contributed by atoms with van der Waals surface area (Å²) in [7, 11) is 5.86. The second-order valence-electron chi connectivity index (χ2n) is 9.82. The Bertz CT molecular complexity index is 1320. The fourth-order valence-electron chi connectivity index (χ4n) is 4.95. The van der Waals surface area contributed by atoms with Gasteiger partial charge in [-0.3, -0.25) is 14.6 Å². The number of ether oxygens (including phenoxy) is 1. The second kappa shape index (κ2) is 13.1. The highest BCUT2D eigenvalue weighted by molar-refractivity contribution is 9.10. The number of allylic oxidation sites excluding steroid dienone is 1. The van der Waals surface area contributed by atoms with Gasteiger partial charge in [-0.15, -0.1) is 0 Å². The minimum absolute atomic E-state index is 0.0939. The highest BCUT2D eigenvalue weighted by Gasteiger charge is 2.32. The Balaban J connectivity index is 1.69. The maximum atomic E-state index is 15.0. The van der Waals surface area contributed by atoms with Crippen molar-refractivity contribution in [1.82, 2.24) is 29.7 Å². The lowest BCUT2D eigenvalue weighted by atomic mass is 9.78. The lowest BCUT2D eigenvalue weighted by Gasteiger charge is -2.31. The largest absolute Gasteiger partial charge is 0.496 e. The Kier molecular flexibility index (Phi) is 9.61. The SMILES string of the molecule is C=C(OCC)C(F)C1CCC(c2ncc(-c3ccc(-c4ncccn4)nc3)cnn(C)c(N(C)C)c2Br)CC1. The molecule has 1 saturated carbocycles. The van der Waals surface area contributed by atoms with Crippen LogP contribution < -0.4 is 4.90 Å². The zero-order chi connectivity index (χ0) is 27.9. The molecule has 8 nitrogen and oxygen atoms in total. The molecule has 39 heavy (non-hydrogen) atoms. The van der Waals surface area contributed by atoms with Crippen molar-refractivity contribution in [1.29, 1.82) is 0 Å². The molecule has 0 aromatic carbocycles. The summed E-state index contributed by atoms with van der Waals surface area (Å²) in [6, 6.07) is 5.64. The molecule has 1 unspecified atom stereocenters. The van der Waals surface area contributed by atoms with Crippen LogP contribution >= 0.6 is 15.9 Å². The number of alkyl halides is 1. The summed E-state index contributed by atoms with van der Waals surface area (Å²) in [6.07, 6.45) is 10.8. The molecule has 3 heterocycles. The number of aromatic nitrogens is 6. The van der Waals surface area contributed by atoms with Crippen LogP contribution in [0.5, 0.6) is 0 Å². The molecule has 10 heteroatoms. The van der Waals surface area contributed by atoms with E-state index < -0.39 is 6.17 Å². The van der Waals surface area contributed by atoms with Crippen molar-refractivity contribution in [2.75, 3.05) is 25.6 Å². The fourth-order valence-corrected chi connectivity index (χ4v) is 5.99. The van der Waals surface area contributed by atoms with Gasteiger partial charge in [-0.2, -0.15) is 5.10 Å². The molecule has 4 rings (SSSR count). The van der Waals surface area contributed by atoms with E-state index in [0.717, 1.165) is 52.8 Å². The number of nitrogens with zero attached hydrogens (tertiary/aromatic N) is 7. The average Bonchev–Trinajstić information content (AvgIpc) is 3.01. The van der Waals surface area contributed by atoms with Gasteiger partial charge in [-0.05, 0) is 66.6 Å². The average molecular weight is 597 g/mol. The number of rotatable bonds is 8. The smallest absolute Gasteiger partial charge is 0.178 e. The van der Waals surface area contributed by atoms with Gasteiger partial charge in [0.2, 0.25) is 0 Å². The summed E-state index contributed by atoms with van der Waals surface area (Å²) in [5.74, 6) is 1.76. The van der Waals surface area contributed by atoms with E-state index in [2.05, 4.69) is 37.5 Å². The molecular weight excluding hydrogens is 561 g/mol. The molecule has 0 saturated heterocycles. The van der Waals surface area contributed by atoms with E-state index >= 15 is 0 Å². The van der Waals surface area contributed by atoms with E-state index in [1.165, 1.54) is 0 Å². The van der Waals surface area contributed by atoms with E-state index in [1.807, 2.05) is 56.0 Å². The number of pyridine rings is 1. The molecule has 3 aromatic heterocycles. The summed E-state index contributed by atoms with van der Waals surface area (Å²) in [4.78, 5) is 20.1. The molecule has 1 aliphatic carbocycles. The third-order valence-corrected chi connectivity index (χ3v) is 7.73. The Morgan fingerprint density at radius 1 is 1.08 bits per heavy atom. The second-order valence-corrected chi connectivity index (χ2v) is 10.6. The van der Waals surface area contributed by atoms with Crippen LogP contribution in [-0.2, 0) is 11.8 Å². The van der Waals surface area contributed by atoms with Crippen molar-refractivity contribution in [2.45, 2.75) is 44.7 Å². The van der Waals surface area contributed by atoms with Crippen LogP contribution in [0.15, 0.2) is 66.0 Å². The van der Waals surface area contributed by atoms with Crippen LogP contribution in [-0.4, -0.2) is 56.6 Å². The first-order valence-corrected chi connectivity index (χ1v) is 13.9. The van der Waals surface area contributed by atoms with Gasteiger partial charge in [-0.25, -0.2) is 14.4 Å². The number of aryl methyl sites for hydroxylation is 1. The highest BCUT2D eigenvalue weighted by Crippen LogP contribution is 2.42. The van der Waals surface area contributed by atoms with Gasteiger partial charge in [0.25, 0.3) is 0 Å². The lowest BCUT2D eigenvalue weighted by molar-refractivity contribution is 0.112. The predicted molar refractivity (Wildman–Crippen MR) is 155 cm³/mol. The van der Waals surface area contributed by atoms with E-state index in [-0.39, 0.29) is 17.6 Å². The normalized spacial score (nSPS) is 17.7. The van der Waals surface area contributed by atoms with E-state index in [0.29, 0.717) is 18.1 Å². The molecular formula is C29H35BrFN7O. The van der Waals surface area contributed by atoms with Gasteiger partial charge in [0.15, 0.2) is 12.0 Å². The number of halogens is 2. The standard InChI is InChI=1S/C29H35BrFN7O/c1-6-39-19(2)26(31)20-8-10-21(11-9-20)27-25(30)29(37(3)4)38(5)36-18-23(17-35-27)22-12-13-24(34-16-22)28-32-14-7-15-33-28/h7,12-18,20-21,26H,2,6,8-11H2,1,3-5H3. The summed E-state index contributed by atoms with van der Waals surface area (Å²) in [5, 5.41) is 4.70.